The molecule has 0 fully saturated rings. The molecule has 0 aliphatic carbocycles. The fraction of sp³-hybridized carbons (Fsp3) is 0.391. The molecule has 1 aliphatic heterocycles. The number of esters is 1. The van der Waals surface area contributed by atoms with Crippen molar-refractivity contribution >= 4 is 29.3 Å². The van der Waals surface area contributed by atoms with Crippen molar-refractivity contribution in [1.29, 1.82) is 0 Å². The number of methoxy groups -OCH3 is 1. The molecule has 3 rings (SSSR count). The number of nitrogens with zero attached hydrogens (tertiary/aromatic N) is 1. The number of nitrogens with one attached hydrogen (secondary N) is 1. The van der Waals surface area contributed by atoms with E-state index in [1.54, 1.807) is 4.90 Å². The summed E-state index contributed by atoms with van der Waals surface area (Å²) >= 11 is 5.83. The number of carbonyl (C=O) groups is 2. The zero-order valence-electron chi connectivity index (χ0n) is 18.2. The molecule has 0 aromatic heterocycles. The number of urea groups is 1. The first-order valence-corrected chi connectivity index (χ1v) is 10.8. The summed E-state index contributed by atoms with van der Waals surface area (Å²) in [5.41, 5.74) is 2.12. The number of halogens is 2. The van der Waals surface area contributed by atoms with Crippen LogP contribution in [0.4, 0.5) is 14.9 Å². The number of hydrogen-bond donors (Lipinski definition) is 1. The SMILES string of the molecule is CCOc1cc2c(cc1OCC)[C@@H](CC(=O)OC)N(C(=O)Nc1ccc(F)c(Cl)c1)CC2. The lowest BCUT2D eigenvalue weighted by molar-refractivity contribution is -0.141. The van der Waals surface area contributed by atoms with E-state index in [9.17, 15) is 14.0 Å². The molecule has 1 N–H and O–H groups in total. The van der Waals surface area contributed by atoms with Crippen LogP contribution in [-0.4, -0.2) is 43.8 Å². The van der Waals surface area contributed by atoms with E-state index in [2.05, 4.69) is 5.32 Å². The standard InChI is InChI=1S/C23H26ClFN2O5/c1-4-31-20-10-14-8-9-27(23(29)26-15-6-7-18(25)17(24)11-15)19(13-22(28)30-3)16(14)12-21(20)32-5-2/h6-7,10-12,19H,4-5,8-9,13H2,1-3H3,(H,26,29)/t19-/m1/s1. The van der Waals surface area contributed by atoms with Crippen molar-refractivity contribution in [3.05, 3.63) is 52.3 Å². The first-order valence-electron chi connectivity index (χ1n) is 10.4. The van der Waals surface area contributed by atoms with Crippen LogP contribution in [0.3, 0.4) is 0 Å². The minimum Gasteiger partial charge on any atom is -0.490 e. The highest BCUT2D eigenvalue weighted by molar-refractivity contribution is 6.31. The Morgan fingerprint density at radius 2 is 1.84 bits per heavy atom. The molecular formula is C23H26ClFN2O5. The lowest BCUT2D eigenvalue weighted by atomic mass is 9.90. The normalized spacial score (nSPS) is 15.0. The molecule has 0 spiro atoms. The highest BCUT2D eigenvalue weighted by atomic mass is 35.5. The zero-order valence-corrected chi connectivity index (χ0v) is 19.0. The second-order valence-corrected chi connectivity index (χ2v) is 7.57. The summed E-state index contributed by atoms with van der Waals surface area (Å²) in [6.45, 7) is 5.06. The summed E-state index contributed by atoms with van der Waals surface area (Å²) in [7, 11) is 1.31. The molecule has 2 amide bonds. The van der Waals surface area contributed by atoms with Gasteiger partial charge in [0.25, 0.3) is 0 Å². The minimum absolute atomic E-state index is 0.0271. The number of anilines is 1. The van der Waals surface area contributed by atoms with Crippen molar-refractivity contribution in [3.63, 3.8) is 0 Å². The average Bonchev–Trinajstić information content (AvgIpc) is 2.77. The first kappa shape index (κ1) is 23.7. The average molecular weight is 465 g/mol. The topological polar surface area (TPSA) is 77.1 Å². The number of amides is 2. The van der Waals surface area contributed by atoms with Gasteiger partial charge in [-0.3, -0.25) is 4.79 Å². The van der Waals surface area contributed by atoms with Gasteiger partial charge in [0.05, 0.1) is 37.8 Å². The van der Waals surface area contributed by atoms with Crippen molar-refractivity contribution < 1.29 is 28.2 Å². The zero-order chi connectivity index (χ0) is 23.3. The van der Waals surface area contributed by atoms with Crippen molar-refractivity contribution in [2.45, 2.75) is 32.7 Å². The molecule has 1 heterocycles. The van der Waals surface area contributed by atoms with Crippen LogP contribution in [-0.2, 0) is 16.0 Å². The number of fused-ring (bicyclic) bond motifs is 1. The second-order valence-electron chi connectivity index (χ2n) is 7.16. The Balaban J connectivity index is 1.95. The number of carbonyl (C=O) groups excluding carboxylic acids is 2. The van der Waals surface area contributed by atoms with Gasteiger partial charge < -0.3 is 24.4 Å². The van der Waals surface area contributed by atoms with Gasteiger partial charge in [0, 0.05) is 12.2 Å². The van der Waals surface area contributed by atoms with Gasteiger partial charge >= 0.3 is 12.0 Å². The molecule has 0 saturated carbocycles. The third-order valence-electron chi connectivity index (χ3n) is 5.18. The van der Waals surface area contributed by atoms with Gasteiger partial charge in [0.1, 0.15) is 5.82 Å². The number of benzene rings is 2. The first-order chi connectivity index (χ1) is 15.4. The molecule has 9 heteroatoms. The molecule has 0 unspecified atom stereocenters. The van der Waals surface area contributed by atoms with E-state index < -0.39 is 23.9 Å². The van der Waals surface area contributed by atoms with E-state index in [1.165, 1.54) is 25.3 Å². The highest BCUT2D eigenvalue weighted by Gasteiger charge is 2.34. The molecule has 1 aliphatic rings. The summed E-state index contributed by atoms with van der Waals surface area (Å²) in [6, 6.07) is 6.67. The molecule has 2 aromatic rings. The van der Waals surface area contributed by atoms with Crippen molar-refractivity contribution in [1.82, 2.24) is 4.90 Å². The molecule has 7 nitrogen and oxygen atoms in total. The molecule has 2 aromatic carbocycles. The quantitative estimate of drug-likeness (QED) is 0.585. The van der Waals surface area contributed by atoms with Crippen molar-refractivity contribution in [2.75, 3.05) is 32.2 Å². The monoisotopic (exact) mass is 464 g/mol. The largest absolute Gasteiger partial charge is 0.490 e. The summed E-state index contributed by atoms with van der Waals surface area (Å²) in [5, 5.41) is 2.64. The summed E-state index contributed by atoms with van der Waals surface area (Å²) < 4.78 is 29.8. The van der Waals surface area contributed by atoms with Gasteiger partial charge in [-0.05, 0) is 61.7 Å². The number of hydrogen-bond acceptors (Lipinski definition) is 5. The molecule has 1 atom stereocenters. The van der Waals surface area contributed by atoms with Gasteiger partial charge in [0.2, 0.25) is 0 Å². The van der Waals surface area contributed by atoms with Crippen LogP contribution in [0.5, 0.6) is 11.5 Å². The van der Waals surface area contributed by atoms with Gasteiger partial charge in [-0.15, -0.1) is 0 Å². The fourth-order valence-corrected chi connectivity index (χ4v) is 3.90. The molecule has 0 bridgehead atoms. The smallest absolute Gasteiger partial charge is 0.322 e. The Labute approximate surface area is 191 Å². The van der Waals surface area contributed by atoms with Gasteiger partial charge in [-0.2, -0.15) is 0 Å². The van der Waals surface area contributed by atoms with Gasteiger partial charge in [-0.25, -0.2) is 9.18 Å². The van der Waals surface area contributed by atoms with E-state index in [1.807, 2.05) is 26.0 Å². The molecule has 0 saturated heterocycles. The third kappa shape index (κ3) is 5.24. The van der Waals surface area contributed by atoms with Crippen LogP contribution in [0.1, 0.15) is 37.4 Å². The van der Waals surface area contributed by atoms with Crippen LogP contribution in [0.15, 0.2) is 30.3 Å². The molecule has 0 radical (unpaired) electrons. The maximum atomic E-state index is 13.5. The maximum absolute atomic E-state index is 13.5. The lowest BCUT2D eigenvalue weighted by Crippen LogP contribution is -2.43. The Morgan fingerprint density at radius 1 is 1.16 bits per heavy atom. The molecular weight excluding hydrogens is 439 g/mol. The lowest BCUT2D eigenvalue weighted by Gasteiger charge is -2.37. The van der Waals surface area contributed by atoms with E-state index >= 15 is 0 Å². The Bertz CT molecular complexity index is 1000. The van der Waals surface area contributed by atoms with E-state index in [0.717, 1.165) is 11.1 Å². The second kappa shape index (κ2) is 10.5. The van der Waals surface area contributed by atoms with Crippen molar-refractivity contribution in [2.24, 2.45) is 0 Å². The molecule has 32 heavy (non-hydrogen) atoms. The summed E-state index contributed by atoms with van der Waals surface area (Å²) in [5.74, 6) is 0.158. The van der Waals surface area contributed by atoms with Crippen LogP contribution in [0.2, 0.25) is 5.02 Å². The Morgan fingerprint density at radius 3 is 2.47 bits per heavy atom. The predicted octanol–water partition coefficient (Wildman–Crippen LogP) is 4.97. The van der Waals surface area contributed by atoms with Crippen LogP contribution in [0, 0.1) is 5.82 Å². The summed E-state index contributed by atoms with van der Waals surface area (Å²) in [6.07, 6.45) is 0.539. The molecule has 172 valence electrons. The minimum atomic E-state index is -0.575. The van der Waals surface area contributed by atoms with Crippen molar-refractivity contribution in [3.8, 4) is 11.5 Å². The summed E-state index contributed by atoms with van der Waals surface area (Å²) in [4.78, 5) is 26.8. The third-order valence-corrected chi connectivity index (χ3v) is 5.47. The Hall–Kier alpha value is -3.00. The van der Waals surface area contributed by atoms with Crippen LogP contribution >= 0.6 is 11.6 Å². The Kier molecular flexibility index (Phi) is 7.80. The number of ether oxygens (including phenoxy) is 3. The van der Waals surface area contributed by atoms with E-state index in [-0.39, 0.29) is 11.4 Å². The van der Waals surface area contributed by atoms with Crippen LogP contribution < -0.4 is 14.8 Å². The highest BCUT2D eigenvalue weighted by Crippen LogP contribution is 2.40. The fourth-order valence-electron chi connectivity index (χ4n) is 3.72. The van der Waals surface area contributed by atoms with Gasteiger partial charge in [0.15, 0.2) is 11.5 Å². The van der Waals surface area contributed by atoms with E-state index in [4.69, 9.17) is 25.8 Å². The predicted molar refractivity (Wildman–Crippen MR) is 119 cm³/mol. The maximum Gasteiger partial charge on any atom is 0.322 e. The number of rotatable bonds is 7. The van der Waals surface area contributed by atoms with Gasteiger partial charge in [-0.1, -0.05) is 11.6 Å². The van der Waals surface area contributed by atoms with Crippen LogP contribution in [0.25, 0.3) is 0 Å². The van der Waals surface area contributed by atoms with E-state index in [0.29, 0.717) is 43.4 Å².